The van der Waals surface area contributed by atoms with Crippen molar-refractivity contribution in [3.05, 3.63) is 71.0 Å². The molecule has 2 N–H and O–H groups in total. The third-order valence-electron chi connectivity index (χ3n) is 5.00. The van der Waals surface area contributed by atoms with Crippen LogP contribution in [0, 0.1) is 11.7 Å². The molecule has 26 heavy (non-hydrogen) atoms. The van der Waals surface area contributed by atoms with Crippen LogP contribution in [0.1, 0.15) is 35.4 Å². The van der Waals surface area contributed by atoms with Gasteiger partial charge in [0.2, 0.25) is 5.91 Å². The van der Waals surface area contributed by atoms with Gasteiger partial charge in [0.1, 0.15) is 5.82 Å². The zero-order valence-corrected chi connectivity index (χ0v) is 14.5. The van der Waals surface area contributed by atoms with Crippen molar-refractivity contribution in [2.45, 2.75) is 31.6 Å². The van der Waals surface area contributed by atoms with Gasteiger partial charge >= 0.3 is 5.97 Å². The molecule has 4 nitrogen and oxygen atoms in total. The molecule has 2 aromatic carbocycles. The Morgan fingerprint density at radius 3 is 2.50 bits per heavy atom. The highest BCUT2D eigenvalue weighted by Crippen LogP contribution is 2.27. The number of fused-ring (bicyclic) bond motifs is 1. The number of nitrogens with one attached hydrogen (secondary N) is 1. The van der Waals surface area contributed by atoms with E-state index in [4.69, 9.17) is 0 Å². The van der Waals surface area contributed by atoms with Gasteiger partial charge in [0.05, 0.1) is 5.92 Å². The van der Waals surface area contributed by atoms with Crippen molar-refractivity contribution in [1.82, 2.24) is 5.32 Å². The first kappa shape index (κ1) is 18.1. The van der Waals surface area contributed by atoms with Gasteiger partial charge in [-0.05, 0) is 54.0 Å². The first-order valence-corrected chi connectivity index (χ1v) is 8.84. The van der Waals surface area contributed by atoms with Crippen LogP contribution < -0.4 is 5.32 Å². The van der Waals surface area contributed by atoms with Gasteiger partial charge in [0.15, 0.2) is 0 Å². The smallest absolute Gasteiger partial charge is 0.312 e. The Balaban J connectivity index is 1.54. The molecule has 0 fully saturated rings. The lowest BCUT2D eigenvalue weighted by Crippen LogP contribution is -2.33. The van der Waals surface area contributed by atoms with Crippen molar-refractivity contribution in [3.63, 3.8) is 0 Å². The van der Waals surface area contributed by atoms with E-state index in [1.165, 1.54) is 35.4 Å². The molecule has 3 rings (SSSR count). The summed E-state index contributed by atoms with van der Waals surface area (Å²) in [5.41, 5.74) is 3.13. The van der Waals surface area contributed by atoms with Gasteiger partial charge in [-0.15, -0.1) is 0 Å². The highest BCUT2D eigenvalue weighted by Gasteiger charge is 2.23. The van der Waals surface area contributed by atoms with Crippen LogP contribution in [0.5, 0.6) is 0 Å². The average Bonchev–Trinajstić information content (AvgIpc) is 2.63. The Kier molecular flexibility index (Phi) is 5.66. The fourth-order valence-electron chi connectivity index (χ4n) is 3.54. The molecule has 0 aliphatic heterocycles. The van der Waals surface area contributed by atoms with Crippen LogP contribution in [0.2, 0.25) is 0 Å². The molecule has 2 unspecified atom stereocenters. The second-order valence-corrected chi connectivity index (χ2v) is 6.83. The molecule has 5 heteroatoms. The fraction of sp³-hybridized carbons (Fsp3) is 0.333. The number of benzene rings is 2. The number of carbonyl (C=O) groups is 2. The molecular weight excluding hydrogens is 333 g/mol. The minimum Gasteiger partial charge on any atom is -0.481 e. The number of hydrogen-bond donors (Lipinski definition) is 2. The van der Waals surface area contributed by atoms with E-state index >= 15 is 0 Å². The van der Waals surface area contributed by atoms with Gasteiger partial charge in [0.25, 0.3) is 0 Å². The van der Waals surface area contributed by atoms with Crippen LogP contribution in [-0.2, 0) is 22.4 Å². The van der Waals surface area contributed by atoms with Gasteiger partial charge in [-0.1, -0.05) is 36.4 Å². The van der Waals surface area contributed by atoms with Crippen LogP contribution in [0.15, 0.2) is 48.5 Å². The number of halogens is 1. The van der Waals surface area contributed by atoms with Crippen molar-refractivity contribution in [2.75, 3.05) is 6.54 Å². The van der Waals surface area contributed by atoms with Gasteiger partial charge in [-0.3, -0.25) is 9.59 Å². The van der Waals surface area contributed by atoms with Crippen LogP contribution in [-0.4, -0.2) is 23.5 Å². The zero-order valence-electron chi connectivity index (χ0n) is 14.5. The standard InChI is InChI=1S/C21H22FNO3/c22-18-9-7-16(8-10-18)19(21(25)26)13-23-20(24)12-14-5-6-15-3-1-2-4-17(15)11-14/h1-4,7-10,14,19H,5-6,11-13H2,(H,23,24)(H,25,26). The maximum absolute atomic E-state index is 13.0. The van der Waals surface area contributed by atoms with Crippen molar-refractivity contribution >= 4 is 11.9 Å². The van der Waals surface area contributed by atoms with E-state index in [0.717, 1.165) is 19.3 Å². The summed E-state index contributed by atoms with van der Waals surface area (Å²) in [6.45, 7) is 0.00308. The number of carboxylic acid groups (broad SMARTS) is 1. The first-order valence-electron chi connectivity index (χ1n) is 8.84. The Morgan fingerprint density at radius 2 is 1.81 bits per heavy atom. The molecule has 1 amide bonds. The predicted molar refractivity (Wildman–Crippen MR) is 96.4 cm³/mol. The lowest BCUT2D eigenvalue weighted by atomic mass is 9.82. The predicted octanol–water partition coefficient (Wildman–Crippen LogP) is 3.31. The highest BCUT2D eigenvalue weighted by atomic mass is 19.1. The molecule has 1 aliphatic rings. The quantitative estimate of drug-likeness (QED) is 0.835. The molecule has 0 bridgehead atoms. The Labute approximate surface area is 152 Å². The second kappa shape index (κ2) is 8.13. The Bertz CT molecular complexity index is 788. The van der Waals surface area contributed by atoms with Gasteiger partial charge in [-0.25, -0.2) is 4.39 Å². The minimum absolute atomic E-state index is 0.00308. The number of amides is 1. The third kappa shape index (κ3) is 4.48. The molecule has 2 aromatic rings. The summed E-state index contributed by atoms with van der Waals surface area (Å²) in [6, 6.07) is 13.6. The highest BCUT2D eigenvalue weighted by molar-refractivity contribution is 5.80. The Hall–Kier alpha value is -2.69. The van der Waals surface area contributed by atoms with E-state index in [1.807, 2.05) is 12.1 Å². The van der Waals surface area contributed by atoms with E-state index in [9.17, 15) is 19.1 Å². The van der Waals surface area contributed by atoms with Crippen molar-refractivity contribution in [3.8, 4) is 0 Å². The Morgan fingerprint density at radius 1 is 1.12 bits per heavy atom. The topological polar surface area (TPSA) is 66.4 Å². The third-order valence-corrected chi connectivity index (χ3v) is 5.00. The molecule has 0 saturated heterocycles. The SMILES string of the molecule is O=C(CC1CCc2ccccc2C1)NCC(C(=O)O)c1ccc(F)cc1. The number of hydrogen-bond acceptors (Lipinski definition) is 2. The summed E-state index contributed by atoms with van der Waals surface area (Å²) in [4.78, 5) is 23.8. The van der Waals surface area contributed by atoms with E-state index < -0.39 is 17.7 Å². The van der Waals surface area contributed by atoms with E-state index in [-0.39, 0.29) is 18.4 Å². The number of aryl methyl sites for hydroxylation is 1. The van der Waals surface area contributed by atoms with Crippen LogP contribution in [0.3, 0.4) is 0 Å². The van der Waals surface area contributed by atoms with Crippen LogP contribution in [0.4, 0.5) is 4.39 Å². The number of carboxylic acids is 1. The van der Waals surface area contributed by atoms with Crippen LogP contribution in [0.25, 0.3) is 0 Å². The molecule has 0 heterocycles. The summed E-state index contributed by atoms with van der Waals surface area (Å²) in [7, 11) is 0. The normalized spacial score (nSPS) is 17.2. The van der Waals surface area contributed by atoms with E-state index in [2.05, 4.69) is 17.4 Å². The number of rotatable bonds is 6. The van der Waals surface area contributed by atoms with Gasteiger partial charge in [-0.2, -0.15) is 0 Å². The lowest BCUT2D eigenvalue weighted by molar-refractivity contribution is -0.138. The first-order chi connectivity index (χ1) is 12.5. The summed E-state index contributed by atoms with van der Waals surface area (Å²) < 4.78 is 13.0. The second-order valence-electron chi connectivity index (χ2n) is 6.83. The minimum atomic E-state index is -1.04. The van der Waals surface area contributed by atoms with Crippen molar-refractivity contribution < 1.29 is 19.1 Å². The zero-order chi connectivity index (χ0) is 18.5. The summed E-state index contributed by atoms with van der Waals surface area (Å²) in [6.07, 6.45) is 3.21. The van der Waals surface area contributed by atoms with E-state index in [0.29, 0.717) is 12.0 Å². The molecule has 2 atom stereocenters. The molecule has 1 aliphatic carbocycles. The summed E-state index contributed by atoms with van der Waals surface area (Å²) in [5.74, 6) is -2.20. The van der Waals surface area contributed by atoms with E-state index in [1.54, 1.807) is 0 Å². The monoisotopic (exact) mass is 355 g/mol. The average molecular weight is 355 g/mol. The fourth-order valence-corrected chi connectivity index (χ4v) is 3.54. The molecule has 0 spiro atoms. The van der Waals surface area contributed by atoms with Gasteiger partial charge in [0, 0.05) is 13.0 Å². The molecular formula is C21H22FNO3. The maximum Gasteiger partial charge on any atom is 0.312 e. The summed E-state index contributed by atoms with van der Waals surface area (Å²) >= 11 is 0. The largest absolute Gasteiger partial charge is 0.481 e. The molecule has 0 radical (unpaired) electrons. The van der Waals surface area contributed by atoms with Crippen molar-refractivity contribution in [2.24, 2.45) is 5.92 Å². The number of aliphatic carboxylic acids is 1. The number of carbonyl (C=O) groups excluding carboxylic acids is 1. The summed E-state index contributed by atoms with van der Waals surface area (Å²) in [5, 5.41) is 12.1. The lowest BCUT2D eigenvalue weighted by Gasteiger charge is -2.24. The molecule has 0 saturated carbocycles. The molecule has 136 valence electrons. The van der Waals surface area contributed by atoms with Crippen LogP contribution >= 0.6 is 0 Å². The van der Waals surface area contributed by atoms with Gasteiger partial charge < -0.3 is 10.4 Å². The van der Waals surface area contributed by atoms with Crippen molar-refractivity contribution in [1.29, 1.82) is 0 Å². The molecule has 0 aromatic heterocycles. The maximum atomic E-state index is 13.0.